The van der Waals surface area contributed by atoms with Gasteiger partial charge < -0.3 is 9.64 Å². The van der Waals surface area contributed by atoms with Crippen LogP contribution in [0.1, 0.15) is 31.2 Å². The standard InChI is InChI=1S/C15H19BrFNO/c16-10-11-9-12(17)5-6-13(11)18-7-8-19-15-4-2-1-3-14(15)18/h5-6,9,14-15H,1-4,7-8,10H2. The highest BCUT2D eigenvalue weighted by Crippen LogP contribution is 2.34. The Morgan fingerprint density at radius 3 is 3.00 bits per heavy atom. The molecule has 1 aromatic carbocycles. The SMILES string of the molecule is Fc1ccc(N2CCOC3CCCCC32)c(CBr)c1. The molecule has 2 fully saturated rings. The van der Waals surface area contributed by atoms with Crippen molar-refractivity contribution >= 4 is 21.6 Å². The Balaban J connectivity index is 1.91. The molecule has 19 heavy (non-hydrogen) atoms. The Kier molecular flexibility index (Phi) is 4.08. The number of benzene rings is 1. The third-order valence-electron chi connectivity index (χ3n) is 4.23. The maximum absolute atomic E-state index is 13.4. The number of alkyl halides is 1. The van der Waals surface area contributed by atoms with Gasteiger partial charge in [-0.2, -0.15) is 0 Å². The van der Waals surface area contributed by atoms with Crippen molar-refractivity contribution in [1.82, 2.24) is 0 Å². The smallest absolute Gasteiger partial charge is 0.123 e. The van der Waals surface area contributed by atoms with Crippen LogP contribution in [0.15, 0.2) is 18.2 Å². The van der Waals surface area contributed by atoms with Gasteiger partial charge in [0.1, 0.15) is 5.82 Å². The Hall–Kier alpha value is -0.610. The first-order valence-electron chi connectivity index (χ1n) is 7.02. The molecule has 1 saturated carbocycles. The summed E-state index contributed by atoms with van der Waals surface area (Å²) in [5, 5.41) is 0.689. The van der Waals surface area contributed by atoms with Crippen LogP contribution in [0.2, 0.25) is 0 Å². The van der Waals surface area contributed by atoms with Crippen LogP contribution >= 0.6 is 15.9 Å². The summed E-state index contributed by atoms with van der Waals surface area (Å²) in [5.74, 6) is -0.161. The van der Waals surface area contributed by atoms with E-state index in [-0.39, 0.29) is 5.82 Å². The van der Waals surface area contributed by atoms with Gasteiger partial charge in [-0.05, 0) is 36.6 Å². The van der Waals surface area contributed by atoms with Gasteiger partial charge in [0.15, 0.2) is 0 Å². The Bertz CT molecular complexity index is 452. The summed E-state index contributed by atoms with van der Waals surface area (Å²) in [6, 6.07) is 5.58. The summed E-state index contributed by atoms with van der Waals surface area (Å²) in [7, 11) is 0. The number of rotatable bonds is 2. The summed E-state index contributed by atoms with van der Waals surface area (Å²) in [5.41, 5.74) is 2.20. The average Bonchev–Trinajstić information content (AvgIpc) is 2.46. The highest BCUT2D eigenvalue weighted by Gasteiger charge is 2.34. The zero-order chi connectivity index (χ0) is 13.2. The lowest BCUT2D eigenvalue weighted by atomic mass is 9.89. The second-order valence-corrected chi connectivity index (χ2v) is 5.92. The average molecular weight is 328 g/mol. The van der Waals surface area contributed by atoms with Gasteiger partial charge in [-0.15, -0.1) is 0 Å². The van der Waals surface area contributed by atoms with Crippen LogP contribution in [-0.2, 0) is 10.1 Å². The minimum atomic E-state index is -0.161. The van der Waals surface area contributed by atoms with E-state index >= 15 is 0 Å². The minimum Gasteiger partial charge on any atom is -0.374 e. The highest BCUT2D eigenvalue weighted by atomic mass is 79.9. The number of hydrogen-bond acceptors (Lipinski definition) is 2. The lowest BCUT2D eigenvalue weighted by Crippen LogP contribution is -2.53. The molecule has 2 aliphatic rings. The predicted octanol–water partition coefficient (Wildman–Crippen LogP) is 3.87. The number of nitrogens with zero attached hydrogens (tertiary/aromatic N) is 1. The molecule has 4 heteroatoms. The fraction of sp³-hybridized carbons (Fsp3) is 0.600. The van der Waals surface area contributed by atoms with Gasteiger partial charge in [-0.1, -0.05) is 28.8 Å². The van der Waals surface area contributed by atoms with E-state index < -0.39 is 0 Å². The van der Waals surface area contributed by atoms with Gasteiger partial charge in [0, 0.05) is 17.6 Å². The molecular formula is C15H19BrFNO. The second-order valence-electron chi connectivity index (χ2n) is 5.36. The summed E-state index contributed by atoms with van der Waals surface area (Å²) < 4.78 is 19.3. The third kappa shape index (κ3) is 2.65. The van der Waals surface area contributed by atoms with E-state index in [4.69, 9.17) is 4.74 Å². The molecule has 1 heterocycles. The molecule has 0 aromatic heterocycles. The normalized spacial score (nSPS) is 27.2. The quantitative estimate of drug-likeness (QED) is 0.764. The highest BCUT2D eigenvalue weighted by molar-refractivity contribution is 9.08. The molecule has 0 radical (unpaired) electrons. The van der Waals surface area contributed by atoms with Gasteiger partial charge in [0.2, 0.25) is 0 Å². The third-order valence-corrected chi connectivity index (χ3v) is 4.83. The molecule has 2 atom stereocenters. The first kappa shape index (κ1) is 13.4. The molecule has 2 nitrogen and oxygen atoms in total. The maximum atomic E-state index is 13.4. The minimum absolute atomic E-state index is 0.161. The van der Waals surface area contributed by atoms with Crippen LogP contribution in [0.4, 0.5) is 10.1 Å². The first-order valence-corrected chi connectivity index (χ1v) is 8.14. The van der Waals surface area contributed by atoms with Crippen molar-refractivity contribution in [1.29, 1.82) is 0 Å². The fourth-order valence-electron chi connectivity index (χ4n) is 3.34. The number of ether oxygens (including phenoxy) is 1. The van der Waals surface area contributed by atoms with Gasteiger partial charge in [-0.25, -0.2) is 4.39 Å². The number of morpholine rings is 1. The Morgan fingerprint density at radius 2 is 2.16 bits per heavy atom. The van der Waals surface area contributed by atoms with E-state index in [1.165, 1.54) is 24.9 Å². The van der Waals surface area contributed by atoms with Crippen LogP contribution in [0.5, 0.6) is 0 Å². The van der Waals surface area contributed by atoms with E-state index in [2.05, 4.69) is 20.8 Å². The summed E-state index contributed by atoms with van der Waals surface area (Å²) in [4.78, 5) is 2.43. The zero-order valence-electron chi connectivity index (χ0n) is 10.9. The van der Waals surface area contributed by atoms with Crippen molar-refractivity contribution in [2.45, 2.75) is 43.2 Å². The molecule has 0 amide bonds. The largest absolute Gasteiger partial charge is 0.374 e. The molecular weight excluding hydrogens is 309 g/mol. The van der Waals surface area contributed by atoms with Crippen LogP contribution in [0, 0.1) is 5.82 Å². The second kappa shape index (κ2) is 5.80. The van der Waals surface area contributed by atoms with Crippen molar-refractivity contribution in [2.75, 3.05) is 18.1 Å². The number of fused-ring (bicyclic) bond motifs is 1. The van der Waals surface area contributed by atoms with Crippen molar-refractivity contribution < 1.29 is 9.13 Å². The van der Waals surface area contributed by atoms with E-state index in [0.717, 1.165) is 25.1 Å². The molecule has 3 rings (SSSR count). The van der Waals surface area contributed by atoms with Crippen molar-refractivity contribution in [2.24, 2.45) is 0 Å². The van der Waals surface area contributed by atoms with Crippen molar-refractivity contribution in [3.05, 3.63) is 29.6 Å². The molecule has 0 bridgehead atoms. The fourth-order valence-corrected chi connectivity index (χ4v) is 3.79. The summed E-state index contributed by atoms with van der Waals surface area (Å²) >= 11 is 3.47. The number of halogens is 2. The Morgan fingerprint density at radius 1 is 1.32 bits per heavy atom. The number of hydrogen-bond donors (Lipinski definition) is 0. The molecule has 1 saturated heterocycles. The van der Waals surface area contributed by atoms with Gasteiger partial charge in [0.25, 0.3) is 0 Å². The molecule has 104 valence electrons. The maximum Gasteiger partial charge on any atom is 0.123 e. The summed E-state index contributed by atoms with van der Waals surface area (Å²) in [6.07, 6.45) is 5.24. The van der Waals surface area contributed by atoms with Crippen molar-refractivity contribution in [3.8, 4) is 0 Å². The molecule has 1 aliphatic heterocycles. The van der Waals surface area contributed by atoms with Crippen LogP contribution < -0.4 is 4.90 Å². The summed E-state index contributed by atoms with van der Waals surface area (Å²) in [6.45, 7) is 1.69. The molecule has 0 spiro atoms. The van der Waals surface area contributed by atoms with E-state index in [1.807, 2.05) is 6.07 Å². The Labute approximate surface area is 122 Å². The topological polar surface area (TPSA) is 12.5 Å². The lowest BCUT2D eigenvalue weighted by molar-refractivity contribution is -0.00872. The first-order chi connectivity index (χ1) is 9.29. The van der Waals surface area contributed by atoms with Crippen molar-refractivity contribution in [3.63, 3.8) is 0 Å². The van der Waals surface area contributed by atoms with Crippen LogP contribution in [-0.4, -0.2) is 25.3 Å². The van der Waals surface area contributed by atoms with Gasteiger partial charge in [0.05, 0.1) is 18.8 Å². The number of anilines is 1. The van der Waals surface area contributed by atoms with Crippen LogP contribution in [0.25, 0.3) is 0 Å². The molecule has 0 N–H and O–H groups in total. The zero-order valence-corrected chi connectivity index (χ0v) is 12.5. The molecule has 2 unspecified atom stereocenters. The lowest BCUT2D eigenvalue weighted by Gasteiger charge is -2.45. The van der Waals surface area contributed by atoms with Gasteiger partial charge >= 0.3 is 0 Å². The predicted molar refractivity (Wildman–Crippen MR) is 78.4 cm³/mol. The molecule has 1 aliphatic carbocycles. The van der Waals surface area contributed by atoms with E-state index in [1.54, 1.807) is 12.1 Å². The van der Waals surface area contributed by atoms with Crippen LogP contribution in [0.3, 0.4) is 0 Å². The van der Waals surface area contributed by atoms with E-state index in [0.29, 0.717) is 17.5 Å². The van der Waals surface area contributed by atoms with Gasteiger partial charge in [-0.3, -0.25) is 0 Å². The van der Waals surface area contributed by atoms with E-state index in [9.17, 15) is 4.39 Å². The molecule has 1 aromatic rings. The monoisotopic (exact) mass is 327 g/mol.